The molecule has 1 heterocycles. The van der Waals surface area contributed by atoms with Crippen LogP contribution in [0.2, 0.25) is 5.02 Å². The fraction of sp³-hybridized carbons (Fsp3) is 0.562. The predicted molar refractivity (Wildman–Crippen MR) is 83.0 cm³/mol. The van der Waals surface area contributed by atoms with E-state index in [1.54, 1.807) is 12.1 Å². The molecule has 0 spiro atoms. The number of anilines is 1. The van der Waals surface area contributed by atoms with E-state index in [0.29, 0.717) is 16.6 Å². The summed E-state index contributed by atoms with van der Waals surface area (Å²) < 4.78 is 6.04. The molecule has 1 aromatic heterocycles. The Kier molecular flexibility index (Phi) is 3.41. The Bertz CT molecular complexity index is 588. The molecular weight excluding hydrogens is 272 g/mol. The van der Waals surface area contributed by atoms with Crippen molar-refractivity contribution in [2.75, 3.05) is 5.73 Å². The number of nitrogens with two attached hydrogens (primary N) is 1. The van der Waals surface area contributed by atoms with Crippen molar-refractivity contribution in [3.63, 3.8) is 0 Å². The Balaban J connectivity index is 2.07. The van der Waals surface area contributed by atoms with Crippen LogP contribution in [0.15, 0.2) is 16.5 Å². The van der Waals surface area contributed by atoms with Gasteiger partial charge in [-0.25, -0.2) is 4.98 Å². The highest BCUT2D eigenvalue weighted by atomic mass is 35.5. The number of fused-ring (bicyclic) bond motifs is 1. The van der Waals surface area contributed by atoms with Gasteiger partial charge < -0.3 is 10.2 Å². The summed E-state index contributed by atoms with van der Waals surface area (Å²) in [5.41, 5.74) is 8.06. The predicted octanol–water partition coefficient (Wildman–Crippen LogP) is 4.92. The smallest absolute Gasteiger partial charge is 0.201 e. The SMILES string of the molecule is CC(C)CC1(c2nc3cc(Cl)c(N)cc3o2)CCCC1. The van der Waals surface area contributed by atoms with Crippen molar-refractivity contribution >= 4 is 28.4 Å². The van der Waals surface area contributed by atoms with Crippen molar-refractivity contribution < 1.29 is 4.42 Å². The molecule has 1 aliphatic rings. The fourth-order valence-corrected chi connectivity index (χ4v) is 3.69. The summed E-state index contributed by atoms with van der Waals surface area (Å²) in [6, 6.07) is 3.59. The highest BCUT2D eigenvalue weighted by Gasteiger charge is 2.40. The summed E-state index contributed by atoms with van der Waals surface area (Å²) in [5.74, 6) is 1.51. The number of aromatic nitrogens is 1. The minimum Gasteiger partial charge on any atom is -0.440 e. The lowest BCUT2D eigenvalue weighted by Crippen LogP contribution is -2.24. The fourth-order valence-electron chi connectivity index (χ4n) is 3.53. The van der Waals surface area contributed by atoms with Crippen molar-refractivity contribution in [3.05, 3.63) is 23.0 Å². The van der Waals surface area contributed by atoms with Crippen LogP contribution in [-0.2, 0) is 5.41 Å². The molecule has 3 rings (SSSR count). The number of nitrogens with zero attached hydrogens (tertiary/aromatic N) is 1. The van der Waals surface area contributed by atoms with E-state index >= 15 is 0 Å². The highest BCUT2D eigenvalue weighted by molar-refractivity contribution is 6.33. The Morgan fingerprint density at radius 1 is 1.35 bits per heavy atom. The molecule has 2 N–H and O–H groups in total. The quantitative estimate of drug-likeness (QED) is 0.817. The molecule has 1 aromatic carbocycles. The Hall–Kier alpha value is -1.22. The second-order valence-electron chi connectivity index (χ2n) is 6.45. The lowest BCUT2D eigenvalue weighted by Gasteiger charge is -2.27. The number of hydrogen-bond donors (Lipinski definition) is 1. The molecule has 0 saturated heterocycles. The van der Waals surface area contributed by atoms with Crippen LogP contribution >= 0.6 is 11.6 Å². The van der Waals surface area contributed by atoms with Crippen LogP contribution in [0.1, 0.15) is 51.8 Å². The molecule has 0 atom stereocenters. The van der Waals surface area contributed by atoms with Crippen LogP contribution in [0, 0.1) is 5.92 Å². The number of hydrogen-bond acceptors (Lipinski definition) is 3. The number of oxazole rings is 1. The molecule has 1 saturated carbocycles. The number of nitrogen functional groups attached to an aromatic ring is 1. The van der Waals surface area contributed by atoms with Crippen LogP contribution < -0.4 is 5.73 Å². The standard InChI is InChI=1S/C16H21ClN2O/c1-10(2)9-16(5-3-4-6-16)15-19-13-7-11(17)12(18)8-14(13)20-15/h7-8,10H,3-6,9,18H2,1-2H3. The summed E-state index contributed by atoms with van der Waals surface area (Å²) in [5, 5.41) is 0.543. The molecule has 0 amide bonds. The normalized spacial score (nSPS) is 18.2. The molecule has 1 aliphatic carbocycles. The number of halogens is 1. The molecule has 4 heteroatoms. The Morgan fingerprint density at radius 3 is 2.70 bits per heavy atom. The van der Waals surface area contributed by atoms with Gasteiger partial charge in [0.15, 0.2) is 5.58 Å². The molecule has 0 unspecified atom stereocenters. The van der Waals surface area contributed by atoms with Crippen LogP contribution in [0.5, 0.6) is 0 Å². The van der Waals surface area contributed by atoms with Gasteiger partial charge in [0.2, 0.25) is 5.89 Å². The lowest BCUT2D eigenvalue weighted by molar-refractivity contribution is 0.280. The van der Waals surface area contributed by atoms with Gasteiger partial charge in [-0.1, -0.05) is 38.3 Å². The van der Waals surface area contributed by atoms with Gasteiger partial charge >= 0.3 is 0 Å². The first-order valence-corrected chi connectivity index (χ1v) is 7.74. The summed E-state index contributed by atoms with van der Waals surface area (Å²) in [7, 11) is 0. The summed E-state index contributed by atoms with van der Waals surface area (Å²) in [4.78, 5) is 4.72. The molecule has 0 aliphatic heterocycles. The van der Waals surface area contributed by atoms with Gasteiger partial charge in [-0.2, -0.15) is 0 Å². The monoisotopic (exact) mass is 292 g/mol. The van der Waals surface area contributed by atoms with Gasteiger partial charge in [-0.15, -0.1) is 0 Å². The third-order valence-corrected chi connectivity index (χ3v) is 4.65. The van der Waals surface area contributed by atoms with Crippen LogP contribution in [0.25, 0.3) is 11.1 Å². The van der Waals surface area contributed by atoms with Gasteiger partial charge in [0.05, 0.1) is 10.7 Å². The van der Waals surface area contributed by atoms with Crippen LogP contribution in [0.4, 0.5) is 5.69 Å². The van der Waals surface area contributed by atoms with Gasteiger partial charge in [0.1, 0.15) is 5.52 Å². The number of benzene rings is 1. The second-order valence-corrected chi connectivity index (χ2v) is 6.85. The molecule has 2 aromatic rings. The molecule has 1 fully saturated rings. The largest absolute Gasteiger partial charge is 0.440 e. The van der Waals surface area contributed by atoms with E-state index in [9.17, 15) is 0 Å². The Labute approximate surface area is 124 Å². The molecule has 0 radical (unpaired) electrons. The minimum absolute atomic E-state index is 0.106. The lowest BCUT2D eigenvalue weighted by atomic mass is 9.78. The maximum Gasteiger partial charge on any atom is 0.201 e. The molecule has 108 valence electrons. The van der Waals surface area contributed by atoms with Gasteiger partial charge in [-0.3, -0.25) is 0 Å². The van der Waals surface area contributed by atoms with E-state index in [2.05, 4.69) is 13.8 Å². The van der Waals surface area contributed by atoms with E-state index in [1.165, 1.54) is 25.7 Å². The van der Waals surface area contributed by atoms with Gasteiger partial charge in [0.25, 0.3) is 0 Å². The van der Waals surface area contributed by atoms with Crippen molar-refractivity contribution in [2.24, 2.45) is 5.92 Å². The van der Waals surface area contributed by atoms with E-state index in [1.807, 2.05) is 0 Å². The summed E-state index contributed by atoms with van der Waals surface area (Å²) in [6.45, 7) is 4.52. The zero-order chi connectivity index (χ0) is 14.3. The average molecular weight is 293 g/mol. The van der Waals surface area contributed by atoms with Crippen molar-refractivity contribution in [1.29, 1.82) is 0 Å². The summed E-state index contributed by atoms with van der Waals surface area (Å²) in [6.07, 6.45) is 5.98. The van der Waals surface area contributed by atoms with E-state index in [-0.39, 0.29) is 5.41 Å². The molecule has 3 nitrogen and oxygen atoms in total. The average Bonchev–Trinajstić information content (AvgIpc) is 2.97. The Morgan fingerprint density at radius 2 is 2.05 bits per heavy atom. The first-order valence-electron chi connectivity index (χ1n) is 7.36. The maximum absolute atomic E-state index is 6.07. The van der Waals surface area contributed by atoms with Crippen LogP contribution in [-0.4, -0.2) is 4.98 Å². The van der Waals surface area contributed by atoms with E-state index in [0.717, 1.165) is 23.4 Å². The topological polar surface area (TPSA) is 52.0 Å². The maximum atomic E-state index is 6.07. The minimum atomic E-state index is 0.106. The van der Waals surface area contributed by atoms with Crippen molar-refractivity contribution in [1.82, 2.24) is 4.98 Å². The van der Waals surface area contributed by atoms with Gasteiger partial charge in [0, 0.05) is 11.5 Å². The number of rotatable bonds is 3. The second kappa shape index (κ2) is 4.96. The van der Waals surface area contributed by atoms with Crippen molar-refractivity contribution in [2.45, 2.75) is 51.4 Å². The molecular formula is C16H21ClN2O. The third kappa shape index (κ3) is 2.28. The zero-order valence-corrected chi connectivity index (χ0v) is 12.8. The summed E-state index contributed by atoms with van der Waals surface area (Å²) >= 11 is 6.07. The van der Waals surface area contributed by atoms with Gasteiger partial charge in [-0.05, 0) is 31.2 Å². The third-order valence-electron chi connectivity index (χ3n) is 4.32. The molecule has 0 bridgehead atoms. The highest BCUT2D eigenvalue weighted by Crippen LogP contribution is 2.46. The van der Waals surface area contributed by atoms with E-state index < -0.39 is 0 Å². The zero-order valence-electron chi connectivity index (χ0n) is 12.1. The van der Waals surface area contributed by atoms with E-state index in [4.69, 9.17) is 26.7 Å². The molecule has 20 heavy (non-hydrogen) atoms. The van der Waals surface area contributed by atoms with Crippen LogP contribution in [0.3, 0.4) is 0 Å². The van der Waals surface area contributed by atoms with Crippen molar-refractivity contribution in [3.8, 4) is 0 Å². The first-order chi connectivity index (χ1) is 9.50. The first kappa shape index (κ1) is 13.7.